The summed E-state index contributed by atoms with van der Waals surface area (Å²) in [5.74, 6) is -0.755. The van der Waals surface area contributed by atoms with E-state index in [1.165, 1.54) is 0 Å². The Bertz CT molecular complexity index is 1030. The van der Waals surface area contributed by atoms with Gasteiger partial charge in [0.15, 0.2) is 5.78 Å². The number of hydrogen-bond acceptors (Lipinski definition) is 4. The number of carboxylic acid groups (broad SMARTS) is 1. The molecule has 164 valence electrons. The molecule has 5 nitrogen and oxygen atoms in total. The number of aliphatic imine (C=N–C) groups is 1. The number of benzene rings is 2. The molecule has 1 aliphatic rings. The third kappa shape index (κ3) is 6.03. The SMILES string of the molecule is CC1(C)CC(=O)C(=C(O)Cc2cccc3ccccc23)C(=NCCCCCC(=O)O)C1. The van der Waals surface area contributed by atoms with E-state index in [4.69, 9.17) is 5.11 Å². The smallest absolute Gasteiger partial charge is 0.303 e. The summed E-state index contributed by atoms with van der Waals surface area (Å²) in [5, 5.41) is 21.9. The summed E-state index contributed by atoms with van der Waals surface area (Å²) in [6, 6.07) is 14.0. The fourth-order valence-corrected chi connectivity index (χ4v) is 4.24. The van der Waals surface area contributed by atoms with Crippen LogP contribution >= 0.6 is 0 Å². The van der Waals surface area contributed by atoms with Gasteiger partial charge in [0, 0.05) is 31.5 Å². The lowest BCUT2D eigenvalue weighted by Gasteiger charge is -2.31. The Kier molecular flexibility index (Phi) is 7.26. The van der Waals surface area contributed by atoms with Crippen molar-refractivity contribution in [2.24, 2.45) is 10.4 Å². The summed E-state index contributed by atoms with van der Waals surface area (Å²) in [4.78, 5) is 28.3. The van der Waals surface area contributed by atoms with Crippen LogP contribution < -0.4 is 0 Å². The maximum Gasteiger partial charge on any atom is 0.303 e. The molecule has 0 aromatic heterocycles. The van der Waals surface area contributed by atoms with Gasteiger partial charge in [-0.1, -0.05) is 62.7 Å². The number of Topliss-reactive ketones (excluding diaryl/α,β-unsaturated/α-hetero) is 1. The van der Waals surface area contributed by atoms with Crippen molar-refractivity contribution in [1.29, 1.82) is 0 Å². The lowest BCUT2D eigenvalue weighted by Crippen LogP contribution is -2.33. The molecule has 5 heteroatoms. The number of fused-ring (bicyclic) bond motifs is 1. The van der Waals surface area contributed by atoms with Crippen LogP contribution in [0, 0.1) is 5.41 Å². The van der Waals surface area contributed by atoms with Crippen LogP contribution in [0.25, 0.3) is 10.8 Å². The van der Waals surface area contributed by atoms with E-state index < -0.39 is 5.97 Å². The zero-order chi connectivity index (χ0) is 22.4. The van der Waals surface area contributed by atoms with Gasteiger partial charge in [0.05, 0.1) is 5.57 Å². The molecular formula is C26H31NO4. The minimum Gasteiger partial charge on any atom is -0.511 e. The molecule has 0 bridgehead atoms. The minimum absolute atomic E-state index is 0.0568. The Hall–Kier alpha value is -2.95. The molecule has 2 N–H and O–H groups in total. The number of unbranched alkanes of at least 4 members (excludes halogenated alkanes) is 2. The second-order valence-electron chi connectivity index (χ2n) is 9.11. The van der Waals surface area contributed by atoms with Gasteiger partial charge in [-0.05, 0) is 41.0 Å². The molecule has 0 heterocycles. The topological polar surface area (TPSA) is 87.0 Å². The maximum atomic E-state index is 13.0. The Morgan fingerprint density at radius 1 is 1.00 bits per heavy atom. The zero-order valence-corrected chi connectivity index (χ0v) is 18.4. The van der Waals surface area contributed by atoms with Crippen LogP contribution in [0.1, 0.15) is 57.9 Å². The summed E-state index contributed by atoms with van der Waals surface area (Å²) >= 11 is 0. The zero-order valence-electron chi connectivity index (χ0n) is 18.4. The number of allylic oxidation sites excluding steroid dienone is 2. The normalized spacial score (nSPS) is 19.0. The van der Waals surface area contributed by atoms with Crippen LogP contribution in [0.5, 0.6) is 0 Å². The molecule has 0 atom stereocenters. The van der Waals surface area contributed by atoms with Crippen molar-refractivity contribution in [2.45, 2.75) is 58.8 Å². The highest BCUT2D eigenvalue weighted by Crippen LogP contribution is 2.36. The number of carboxylic acids is 1. The number of hydrogen-bond donors (Lipinski definition) is 2. The predicted molar refractivity (Wildman–Crippen MR) is 124 cm³/mol. The molecule has 1 aliphatic carbocycles. The first-order valence-corrected chi connectivity index (χ1v) is 10.9. The molecule has 0 radical (unpaired) electrons. The average molecular weight is 422 g/mol. The number of rotatable bonds is 8. The van der Waals surface area contributed by atoms with Crippen molar-refractivity contribution in [2.75, 3.05) is 6.54 Å². The molecule has 0 unspecified atom stereocenters. The summed E-state index contributed by atoms with van der Waals surface area (Å²) in [5.41, 5.74) is 1.84. The molecule has 0 saturated heterocycles. The van der Waals surface area contributed by atoms with Gasteiger partial charge < -0.3 is 10.2 Å². The molecule has 0 amide bonds. The first-order valence-electron chi connectivity index (χ1n) is 10.9. The molecule has 1 fully saturated rings. The fourth-order valence-electron chi connectivity index (χ4n) is 4.24. The van der Waals surface area contributed by atoms with Crippen LogP contribution in [0.3, 0.4) is 0 Å². The van der Waals surface area contributed by atoms with E-state index in [0.717, 1.165) is 29.2 Å². The van der Waals surface area contributed by atoms with Gasteiger partial charge in [-0.15, -0.1) is 0 Å². The van der Waals surface area contributed by atoms with E-state index in [1.807, 2.05) is 56.3 Å². The number of aliphatic carboxylic acids is 1. The van der Waals surface area contributed by atoms with E-state index in [9.17, 15) is 14.7 Å². The standard InChI is InChI=1S/C26H31NO4/c1-26(2)16-21(27-14-7-3-4-13-24(30)31)25(23(29)17-26)22(28)15-19-11-8-10-18-9-5-6-12-20(18)19/h5-6,8-12,28H,3-4,7,13-17H2,1-2H3,(H,30,31). The molecule has 2 aromatic carbocycles. The highest BCUT2D eigenvalue weighted by molar-refractivity contribution is 6.24. The number of aliphatic hydroxyl groups excluding tert-OH is 1. The first kappa shape index (κ1) is 22.7. The second-order valence-corrected chi connectivity index (χ2v) is 9.11. The monoisotopic (exact) mass is 421 g/mol. The van der Waals surface area contributed by atoms with E-state index in [0.29, 0.717) is 43.5 Å². The maximum absolute atomic E-state index is 13.0. The molecule has 0 spiro atoms. The molecule has 2 aromatic rings. The van der Waals surface area contributed by atoms with Crippen molar-refractivity contribution in [1.82, 2.24) is 0 Å². The van der Waals surface area contributed by atoms with Crippen molar-refractivity contribution in [3.05, 3.63) is 59.4 Å². The average Bonchev–Trinajstić information content (AvgIpc) is 2.69. The van der Waals surface area contributed by atoms with Crippen LogP contribution in [0.2, 0.25) is 0 Å². The molecule has 0 aliphatic heterocycles. The number of carbonyl (C=O) groups excluding carboxylic acids is 1. The third-order valence-corrected chi connectivity index (χ3v) is 5.73. The molecule has 3 rings (SSSR count). The summed E-state index contributed by atoms with van der Waals surface area (Å²) < 4.78 is 0. The summed E-state index contributed by atoms with van der Waals surface area (Å²) in [7, 11) is 0. The summed E-state index contributed by atoms with van der Waals surface area (Å²) in [6.07, 6.45) is 3.66. The van der Waals surface area contributed by atoms with E-state index in [-0.39, 0.29) is 23.4 Å². The van der Waals surface area contributed by atoms with E-state index in [1.54, 1.807) is 0 Å². The quantitative estimate of drug-likeness (QED) is 0.327. The Labute approximate surface area is 183 Å². The van der Waals surface area contributed by atoms with Gasteiger partial charge in [0.25, 0.3) is 0 Å². The van der Waals surface area contributed by atoms with Crippen LogP contribution in [0.15, 0.2) is 58.8 Å². The second kappa shape index (κ2) is 9.90. The largest absolute Gasteiger partial charge is 0.511 e. The van der Waals surface area contributed by atoms with Crippen molar-refractivity contribution in [3.8, 4) is 0 Å². The molecular weight excluding hydrogens is 390 g/mol. The van der Waals surface area contributed by atoms with Crippen LogP contribution in [-0.2, 0) is 16.0 Å². The number of nitrogens with zero attached hydrogens (tertiary/aromatic N) is 1. The van der Waals surface area contributed by atoms with E-state index >= 15 is 0 Å². The number of ketones is 1. The van der Waals surface area contributed by atoms with Gasteiger partial charge in [0.1, 0.15) is 5.76 Å². The van der Waals surface area contributed by atoms with Crippen molar-refractivity contribution < 1.29 is 19.8 Å². The van der Waals surface area contributed by atoms with Crippen molar-refractivity contribution >= 4 is 28.2 Å². The Balaban J connectivity index is 1.83. The third-order valence-electron chi connectivity index (χ3n) is 5.73. The number of carbonyl (C=O) groups is 2. The van der Waals surface area contributed by atoms with Gasteiger partial charge >= 0.3 is 5.97 Å². The van der Waals surface area contributed by atoms with Gasteiger partial charge in [-0.25, -0.2) is 0 Å². The minimum atomic E-state index is -0.783. The predicted octanol–water partition coefficient (Wildman–Crippen LogP) is 5.67. The van der Waals surface area contributed by atoms with Gasteiger partial charge in [-0.3, -0.25) is 14.6 Å². The summed E-state index contributed by atoms with van der Waals surface area (Å²) in [6.45, 7) is 4.63. The van der Waals surface area contributed by atoms with Crippen molar-refractivity contribution in [3.63, 3.8) is 0 Å². The van der Waals surface area contributed by atoms with Gasteiger partial charge in [-0.2, -0.15) is 0 Å². The lowest BCUT2D eigenvalue weighted by molar-refractivity contribution is -0.137. The first-order chi connectivity index (χ1) is 14.8. The fraction of sp³-hybridized carbons (Fsp3) is 0.423. The highest BCUT2D eigenvalue weighted by Gasteiger charge is 2.36. The molecule has 1 saturated carbocycles. The lowest BCUT2D eigenvalue weighted by atomic mass is 9.73. The van der Waals surface area contributed by atoms with Crippen LogP contribution in [0.4, 0.5) is 0 Å². The Morgan fingerprint density at radius 2 is 1.74 bits per heavy atom. The Morgan fingerprint density at radius 3 is 2.52 bits per heavy atom. The molecule has 31 heavy (non-hydrogen) atoms. The van der Waals surface area contributed by atoms with E-state index in [2.05, 4.69) is 4.99 Å². The van der Waals surface area contributed by atoms with Crippen LogP contribution in [-0.4, -0.2) is 34.2 Å². The van der Waals surface area contributed by atoms with Gasteiger partial charge in [0.2, 0.25) is 0 Å². The highest BCUT2D eigenvalue weighted by atomic mass is 16.4. The number of aliphatic hydroxyl groups is 1.